The van der Waals surface area contributed by atoms with Gasteiger partial charge in [-0.1, -0.05) is 0 Å². The topological polar surface area (TPSA) is 61.8 Å². The van der Waals surface area contributed by atoms with Gasteiger partial charge in [0, 0.05) is 18.8 Å². The fraction of sp³-hybridized carbons (Fsp3) is 0.364. The highest BCUT2D eigenvalue weighted by Gasteiger charge is 2.15. The van der Waals surface area contributed by atoms with Gasteiger partial charge in [0.1, 0.15) is 5.82 Å². The first kappa shape index (κ1) is 11.7. The average Bonchev–Trinajstić information content (AvgIpc) is 2.29. The SMILES string of the molecule is O=C(O)Nc1ccc(N2CCOCC2)c(F)c1. The number of halogens is 1. The van der Waals surface area contributed by atoms with E-state index in [2.05, 4.69) is 5.32 Å². The Balaban J connectivity index is 2.15. The van der Waals surface area contributed by atoms with Gasteiger partial charge in [0.25, 0.3) is 0 Å². The van der Waals surface area contributed by atoms with Gasteiger partial charge in [-0.3, -0.25) is 5.32 Å². The summed E-state index contributed by atoms with van der Waals surface area (Å²) in [5.74, 6) is -0.432. The van der Waals surface area contributed by atoms with E-state index in [-0.39, 0.29) is 5.69 Å². The van der Waals surface area contributed by atoms with Gasteiger partial charge in [-0.25, -0.2) is 9.18 Å². The van der Waals surface area contributed by atoms with Crippen molar-refractivity contribution in [1.29, 1.82) is 0 Å². The number of anilines is 2. The van der Waals surface area contributed by atoms with Crippen LogP contribution in [0.2, 0.25) is 0 Å². The highest BCUT2D eigenvalue weighted by atomic mass is 19.1. The fourth-order valence-electron chi connectivity index (χ4n) is 1.77. The summed E-state index contributed by atoms with van der Waals surface area (Å²) in [5, 5.41) is 10.6. The molecule has 0 saturated carbocycles. The summed E-state index contributed by atoms with van der Waals surface area (Å²) in [7, 11) is 0. The molecule has 2 N–H and O–H groups in total. The number of nitrogens with one attached hydrogen (secondary N) is 1. The zero-order valence-electron chi connectivity index (χ0n) is 9.15. The zero-order valence-corrected chi connectivity index (χ0v) is 9.15. The molecule has 0 radical (unpaired) electrons. The Morgan fingerprint density at radius 3 is 2.71 bits per heavy atom. The van der Waals surface area contributed by atoms with Gasteiger partial charge in [0.2, 0.25) is 0 Å². The third-order valence-corrected chi connectivity index (χ3v) is 2.55. The number of carbonyl (C=O) groups is 1. The number of carboxylic acid groups (broad SMARTS) is 1. The lowest BCUT2D eigenvalue weighted by Crippen LogP contribution is -2.36. The predicted octanol–water partition coefficient (Wildman–Crippen LogP) is 1.75. The monoisotopic (exact) mass is 240 g/mol. The summed E-state index contributed by atoms with van der Waals surface area (Å²) in [6.45, 7) is 2.44. The van der Waals surface area contributed by atoms with E-state index in [1.807, 2.05) is 4.90 Å². The van der Waals surface area contributed by atoms with Crippen LogP contribution in [0.5, 0.6) is 0 Å². The van der Waals surface area contributed by atoms with Gasteiger partial charge in [0.05, 0.1) is 18.9 Å². The molecule has 2 rings (SSSR count). The second-order valence-electron chi connectivity index (χ2n) is 3.70. The first-order chi connectivity index (χ1) is 8.16. The van der Waals surface area contributed by atoms with Crippen LogP contribution in [0.1, 0.15) is 0 Å². The van der Waals surface area contributed by atoms with Gasteiger partial charge < -0.3 is 14.7 Å². The van der Waals surface area contributed by atoms with Crippen LogP contribution < -0.4 is 10.2 Å². The van der Waals surface area contributed by atoms with Crippen molar-refractivity contribution in [3.05, 3.63) is 24.0 Å². The van der Waals surface area contributed by atoms with Crippen molar-refractivity contribution in [3.8, 4) is 0 Å². The van der Waals surface area contributed by atoms with E-state index in [0.717, 1.165) is 0 Å². The van der Waals surface area contributed by atoms with Crippen molar-refractivity contribution >= 4 is 17.5 Å². The van der Waals surface area contributed by atoms with Crippen molar-refractivity contribution in [2.45, 2.75) is 0 Å². The Labute approximate surface area is 97.8 Å². The van der Waals surface area contributed by atoms with Gasteiger partial charge in [0.15, 0.2) is 0 Å². The maximum atomic E-state index is 13.8. The molecule has 1 aromatic rings. The van der Waals surface area contributed by atoms with Crippen LogP contribution in [0.15, 0.2) is 18.2 Å². The van der Waals surface area contributed by atoms with Gasteiger partial charge in [-0.15, -0.1) is 0 Å². The first-order valence-corrected chi connectivity index (χ1v) is 5.29. The average molecular weight is 240 g/mol. The van der Waals surface area contributed by atoms with E-state index in [4.69, 9.17) is 9.84 Å². The zero-order chi connectivity index (χ0) is 12.3. The number of amides is 1. The van der Waals surface area contributed by atoms with E-state index in [1.54, 1.807) is 12.1 Å². The number of nitrogens with zero attached hydrogens (tertiary/aromatic N) is 1. The third kappa shape index (κ3) is 2.85. The van der Waals surface area contributed by atoms with Crippen molar-refractivity contribution in [2.24, 2.45) is 0 Å². The molecule has 1 aliphatic heterocycles. The van der Waals surface area contributed by atoms with Crippen LogP contribution in [0.3, 0.4) is 0 Å². The third-order valence-electron chi connectivity index (χ3n) is 2.55. The summed E-state index contributed by atoms with van der Waals surface area (Å²) in [4.78, 5) is 12.3. The molecule has 92 valence electrons. The molecule has 1 fully saturated rings. The van der Waals surface area contributed by atoms with Crippen molar-refractivity contribution in [2.75, 3.05) is 36.5 Å². The number of hydrogen-bond acceptors (Lipinski definition) is 3. The lowest BCUT2D eigenvalue weighted by Gasteiger charge is -2.29. The van der Waals surface area contributed by atoms with E-state index in [0.29, 0.717) is 32.0 Å². The minimum atomic E-state index is -1.21. The molecule has 0 aliphatic carbocycles. The van der Waals surface area contributed by atoms with Crippen LogP contribution >= 0.6 is 0 Å². The molecule has 0 unspecified atom stereocenters. The molecule has 0 bridgehead atoms. The molecule has 17 heavy (non-hydrogen) atoms. The van der Waals surface area contributed by atoms with Crippen LogP contribution in [0.4, 0.5) is 20.6 Å². The summed E-state index contributed by atoms with van der Waals surface area (Å²) in [5.41, 5.74) is 0.705. The molecule has 0 aromatic heterocycles. The Kier molecular flexibility index (Phi) is 3.43. The van der Waals surface area contributed by atoms with E-state index >= 15 is 0 Å². The molecular weight excluding hydrogens is 227 g/mol. The van der Waals surface area contributed by atoms with Gasteiger partial charge in [-0.2, -0.15) is 0 Å². The van der Waals surface area contributed by atoms with Crippen molar-refractivity contribution in [3.63, 3.8) is 0 Å². The largest absolute Gasteiger partial charge is 0.465 e. The van der Waals surface area contributed by atoms with Crippen molar-refractivity contribution in [1.82, 2.24) is 0 Å². The second kappa shape index (κ2) is 5.01. The molecule has 6 heteroatoms. The summed E-state index contributed by atoms with van der Waals surface area (Å²) >= 11 is 0. The lowest BCUT2D eigenvalue weighted by molar-refractivity contribution is 0.122. The lowest BCUT2D eigenvalue weighted by atomic mass is 10.2. The molecule has 5 nitrogen and oxygen atoms in total. The highest BCUT2D eigenvalue weighted by molar-refractivity contribution is 5.83. The number of rotatable bonds is 2. The van der Waals surface area contributed by atoms with E-state index in [1.165, 1.54) is 6.07 Å². The summed E-state index contributed by atoms with van der Waals surface area (Å²) in [6, 6.07) is 4.30. The fourth-order valence-corrected chi connectivity index (χ4v) is 1.77. The minimum absolute atomic E-state index is 0.229. The summed E-state index contributed by atoms with van der Waals surface area (Å²) < 4.78 is 19.0. The second-order valence-corrected chi connectivity index (χ2v) is 3.70. The first-order valence-electron chi connectivity index (χ1n) is 5.29. The Morgan fingerprint density at radius 1 is 1.41 bits per heavy atom. The Bertz CT molecular complexity index is 419. The van der Waals surface area contributed by atoms with Crippen LogP contribution in [-0.4, -0.2) is 37.5 Å². The molecule has 1 amide bonds. The number of ether oxygens (including phenoxy) is 1. The smallest absolute Gasteiger partial charge is 0.409 e. The predicted molar refractivity (Wildman–Crippen MR) is 61.1 cm³/mol. The Hall–Kier alpha value is -1.82. The quantitative estimate of drug-likeness (QED) is 0.826. The molecule has 1 saturated heterocycles. The molecule has 0 atom stereocenters. The Morgan fingerprint density at radius 2 is 2.12 bits per heavy atom. The summed E-state index contributed by atoms with van der Waals surface area (Å²) in [6.07, 6.45) is -1.21. The molecule has 0 spiro atoms. The molecule has 1 aliphatic rings. The molecular formula is C11H13FN2O3. The number of morpholine rings is 1. The minimum Gasteiger partial charge on any atom is -0.465 e. The number of benzene rings is 1. The maximum Gasteiger partial charge on any atom is 0.409 e. The van der Waals surface area contributed by atoms with E-state index < -0.39 is 11.9 Å². The van der Waals surface area contributed by atoms with Gasteiger partial charge in [-0.05, 0) is 18.2 Å². The highest BCUT2D eigenvalue weighted by Crippen LogP contribution is 2.23. The van der Waals surface area contributed by atoms with Crippen LogP contribution in [0, 0.1) is 5.82 Å². The normalized spacial score (nSPS) is 15.7. The van der Waals surface area contributed by atoms with Crippen LogP contribution in [-0.2, 0) is 4.74 Å². The standard InChI is InChI=1S/C11H13FN2O3/c12-9-7-8(13-11(15)16)1-2-10(9)14-3-5-17-6-4-14/h1-2,7,13H,3-6H2,(H,15,16). The van der Waals surface area contributed by atoms with Gasteiger partial charge >= 0.3 is 6.09 Å². The van der Waals surface area contributed by atoms with E-state index in [9.17, 15) is 9.18 Å². The van der Waals surface area contributed by atoms with Crippen LogP contribution in [0.25, 0.3) is 0 Å². The maximum absolute atomic E-state index is 13.8. The molecule has 1 heterocycles. The number of hydrogen-bond donors (Lipinski definition) is 2. The van der Waals surface area contributed by atoms with Crippen molar-refractivity contribution < 1.29 is 19.0 Å². The molecule has 1 aromatic carbocycles.